The summed E-state index contributed by atoms with van der Waals surface area (Å²) in [5, 5.41) is 6.63. The Kier molecular flexibility index (Phi) is 5.48. The van der Waals surface area contributed by atoms with E-state index in [-0.39, 0.29) is 13.4 Å². The highest BCUT2D eigenvalue weighted by molar-refractivity contribution is 7.02. The van der Waals surface area contributed by atoms with Crippen LogP contribution >= 0.6 is 0 Å². The average Bonchev–Trinajstić information content (AvgIpc) is 3.27. The quantitative estimate of drug-likeness (QED) is 0.129. The predicted octanol–water partition coefficient (Wildman–Crippen LogP) is 9.76. The Balaban J connectivity index is 1.14. The molecule has 0 aliphatic carbocycles. The van der Waals surface area contributed by atoms with E-state index in [1.54, 1.807) is 0 Å². The van der Waals surface area contributed by atoms with Crippen molar-refractivity contribution >= 4 is 113 Å². The van der Waals surface area contributed by atoms with E-state index in [1.165, 1.54) is 88.6 Å². The first kappa shape index (κ1) is 29.2. The lowest BCUT2D eigenvalue weighted by molar-refractivity contribution is 1.28. The molecular formula is C54H34B2N2. The second-order valence-corrected chi connectivity index (χ2v) is 16.7. The first-order valence-electron chi connectivity index (χ1n) is 21.4. The van der Waals surface area contributed by atoms with E-state index >= 15 is 0 Å². The third kappa shape index (κ3) is 3.77. The molecule has 0 bridgehead atoms. The number of hydrogen-bond acceptors (Lipinski definition) is 2. The van der Waals surface area contributed by atoms with Crippen molar-refractivity contribution < 1.29 is 2.74 Å². The molecule has 0 radical (unpaired) electrons. The second-order valence-electron chi connectivity index (χ2n) is 16.7. The van der Waals surface area contributed by atoms with Gasteiger partial charge in [0.25, 0.3) is 0 Å². The van der Waals surface area contributed by atoms with E-state index in [4.69, 9.17) is 0 Å². The van der Waals surface area contributed by atoms with Crippen molar-refractivity contribution in [1.29, 1.82) is 0 Å². The summed E-state index contributed by atoms with van der Waals surface area (Å²) in [5.74, 6) is 0. The number of nitrogens with zero attached hydrogens (tertiary/aromatic N) is 2. The van der Waals surface area contributed by atoms with Gasteiger partial charge in [0.15, 0.2) is 0 Å². The average molecular weight is 735 g/mol. The van der Waals surface area contributed by atoms with Crippen LogP contribution in [0.2, 0.25) is 0 Å². The molecule has 0 spiro atoms. The van der Waals surface area contributed by atoms with Gasteiger partial charge >= 0.3 is 0 Å². The van der Waals surface area contributed by atoms with E-state index in [0.717, 1.165) is 44.0 Å². The van der Waals surface area contributed by atoms with Gasteiger partial charge in [0.05, 0.1) is 2.74 Å². The molecule has 10 aromatic carbocycles. The fraction of sp³-hybridized carbons (Fsp3) is 0.0370. The molecule has 4 aliphatic rings. The molecule has 0 saturated carbocycles. The summed E-state index contributed by atoms with van der Waals surface area (Å²) in [6.45, 7) is 4.34. The minimum Gasteiger partial charge on any atom is -0.311 e. The fourth-order valence-electron chi connectivity index (χ4n) is 11.6. The molecule has 4 aliphatic heterocycles. The minimum atomic E-state index is -0.0333. The van der Waals surface area contributed by atoms with Gasteiger partial charge in [-0.2, -0.15) is 0 Å². The van der Waals surface area contributed by atoms with Crippen LogP contribution in [0.25, 0.3) is 54.6 Å². The summed E-state index contributed by atoms with van der Waals surface area (Å²) < 4.78 is 19.9. The van der Waals surface area contributed by atoms with Gasteiger partial charge in [-0.3, -0.25) is 0 Å². The zero-order chi connectivity index (χ0) is 39.7. The maximum Gasteiger partial charge on any atom is 0.248 e. The normalized spacial score (nSPS) is 14.4. The molecule has 58 heavy (non-hydrogen) atoms. The number of hydrogen-bond donors (Lipinski definition) is 0. The van der Waals surface area contributed by atoms with Crippen molar-refractivity contribution in [2.24, 2.45) is 0 Å². The lowest BCUT2D eigenvalue weighted by atomic mass is 9.31. The summed E-state index contributed by atoms with van der Waals surface area (Å²) in [5.41, 5.74) is 21.6. The molecule has 10 aromatic rings. The van der Waals surface area contributed by atoms with Crippen LogP contribution in [0.1, 0.15) is 13.9 Å². The SMILES string of the molecule is [2H]c1cc2c3c(cc4c([2H])cc5c6c(cc1c3c46)B1c3ccccc3N(c3ccccc3)c3cc(C)cc-5c31)B1c3ccccc3N(c3ccccc3)c3cc(C)cc-2c31. The number of benzene rings is 10. The monoisotopic (exact) mass is 734 g/mol. The van der Waals surface area contributed by atoms with Crippen LogP contribution in [0.3, 0.4) is 0 Å². The fourth-order valence-corrected chi connectivity index (χ4v) is 11.6. The van der Waals surface area contributed by atoms with Crippen molar-refractivity contribution in [3.63, 3.8) is 0 Å². The highest BCUT2D eigenvalue weighted by atomic mass is 15.2. The van der Waals surface area contributed by atoms with Crippen molar-refractivity contribution in [1.82, 2.24) is 0 Å². The number of anilines is 6. The van der Waals surface area contributed by atoms with E-state index in [1.807, 2.05) is 0 Å². The van der Waals surface area contributed by atoms with Gasteiger partial charge in [-0.1, -0.05) is 132 Å². The summed E-state index contributed by atoms with van der Waals surface area (Å²) in [7, 11) is 0. The molecule has 0 unspecified atom stereocenters. The van der Waals surface area contributed by atoms with Gasteiger partial charge in [0.2, 0.25) is 13.4 Å². The van der Waals surface area contributed by atoms with Gasteiger partial charge in [-0.25, -0.2) is 0 Å². The van der Waals surface area contributed by atoms with Crippen LogP contribution < -0.4 is 42.6 Å². The molecule has 0 aromatic heterocycles. The molecular weight excluding hydrogens is 698 g/mol. The first-order valence-corrected chi connectivity index (χ1v) is 20.4. The van der Waals surface area contributed by atoms with Crippen molar-refractivity contribution in [3.8, 4) is 22.3 Å². The Morgan fingerprint density at radius 1 is 0.379 bits per heavy atom. The maximum atomic E-state index is 9.97. The van der Waals surface area contributed by atoms with Crippen molar-refractivity contribution in [2.75, 3.05) is 9.80 Å². The number of rotatable bonds is 2. The molecule has 4 heterocycles. The number of aryl methyl sites for hydroxylation is 2. The van der Waals surface area contributed by atoms with Crippen molar-refractivity contribution in [3.05, 3.63) is 181 Å². The number of para-hydroxylation sites is 4. The van der Waals surface area contributed by atoms with E-state index in [2.05, 4.69) is 181 Å². The molecule has 0 saturated heterocycles. The third-order valence-electron chi connectivity index (χ3n) is 13.6. The van der Waals surface area contributed by atoms with Crippen LogP contribution in [0, 0.1) is 13.8 Å². The van der Waals surface area contributed by atoms with E-state index in [0.29, 0.717) is 12.1 Å². The largest absolute Gasteiger partial charge is 0.311 e. The van der Waals surface area contributed by atoms with Crippen LogP contribution in [0.5, 0.6) is 0 Å². The van der Waals surface area contributed by atoms with Gasteiger partial charge in [0.1, 0.15) is 0 Å². The first-order chi connectivity index (χ1) is 29.4. The van der Waals surface area contributed by atoms with E-state index < -0.39 is 0 Å². The molecule has 266 valence electrons. The van der Waals surface area contributed by atoms with Crippen molar-refractivity contribution in [2.45, 2.75) is 13.8 Å². The topological polar surface area (TPSA) is 6.48 Å². The highest BCUT2D eigenvalue weighted by Crippen LogP contribution is 2.48. The summed E-state index contributed by atoms with van der Waals surface area (Å²) >= 11 is 0. The van der Waals surface area contributed by atoms with Gasteiger partial charge < -0.3 is 9.80 Å². The van der Waals surface area contributed by atoms with Crippen LogP contribution in [0.4, 0.5) is 34.1 Å². The van der Waals surface area contributed by atoms with Crippen LogP contribution in [-0.4, -0.2) is 13.4 Å². The molecule has 2 nitrogen and oxygen atoms in total. The Hall–Kier alpha value is -7.03. The molecule has 0 amide bonds. The molecule has 0 fully saturated rings. The Labute approximate surface area is 340 Å². The zero-order valence-electron chi connectivity index (χ0n) is 34.1. The Morgan fingerprint density at radius 2 is 0.793 bits per heavy atom. The molecule has 0 atom stereocenters. The molecule has 0 N–H and O–H groups in total. The number of fused-ring (bicyclic) bond motifs is 8. The van der Waals surface area contributed by atoms with Gasteiger partial charge in [0, 0.05) is 34.1 Å². The van der Waals surface area contributed by atoms with Crippen LogP contribution in [0.15, 0.2) is 170 Å². The Morgan fingerprint density at radius 3 is 1.24 bits per heavy atom. The lowest BCUT2D eigenvalue weighted by Crippen LogP contribution is -2.60. The molecule has 14 rings (SSSR count). The summed E-state index contributed by atoms with van der Waals surface area (Å²) in [4.78, 5) is 4.85. The maximum absolute atomic E-state index is 9.97. The summed E-state index contributed by atoms with van der Waals surface area (Å²) in [6, 6.07) is 58.7. The van der Waals surface area contributed by atoms with E-state index in [9.17, 15) is 2.74 Å². The Bertz CT molecular complexity index is 3330. The smallest absolute Gasteiger partial charge is 0.248 e. The second kappa shape index (κ2) is 10.9. The van der Waals surface area contributed by atoms with Gasteiger partial charge in [-0.15, -0.1) is 0 Å². The lowest BCUT2D eigenvalue weighted by Gasteiger charge is -2.42. The standard InChI is InChI=1S/C54H34B2N2/c1-31-25-39-37-23-21-33-30-44-52-38(40-26-32(2)28-48-54(40)56(44)42-18-10-12-20-46(42)58(48)36-15-7-4-8-16-36)24-22-34-29-43(51(37)49(33)50(34)52)55-41-17-9-11-19-45(41)57(47(27-31)53(39)55)35-13-5-3-6-14-35/h3-30H,1-2H3/i21D,22D. The third-order valence-corrected chi connectivity index (χ3v) is 13.6. The van der Waals surface area contributed by atoms with Gasteiger partial charge in [-0.05, 0) is 150 Å². The summed E-state index contributed by atoms with van der Waals surface area (Å²) in [6.07, 6.45) is 0. The predicted molar refractivity (Wildman–Crippen MR) is 249 cm³/mol. The highest BCUT2D eigenvalue weighted by Gasteiger charge is 2.44. The molecule has 4 heteroatoms. The minimum absolute atomic E-state index is 0.0333. The zero-order valence-corrected chi connectivity index (χ0v) is 32.1. The van der Waals surface area contributed by atoms with Crippen LogP contribution in [-0.2, 0) is 0 Å².